The first-order chi connectivity index (χ1) is 21.3. The van der Waals surface area contributed by atoms with E-state index in [0.717, 1.165) is 49.9 Å². The summed E-state index contributed by atoms with van der Waals surface area (Å²) in [7, 11) is 0. The number of ether oxygens (including phenoxy) is 2. The van der Waals surface area contributed by atoms with Crippen molar-refractivity contribution < 1.29 is 28.6 Å². The minimum atomic E-state index is -1.00. The largest absolute Gasteiger partial charge is 0.478 e. The number of aromatic nitrogens is 1. The van der Waals surface area contributed by atoms with Gasteiger partial charge in [0.25, 0.3) is 0 Å². The molecule has 44 heavy (non-hydrogen) atoms. The van der Waals surface area contributed by atoms with Crippen LogP contribution in [0.5, 0.6) is 11.6 Å². The predicted molar refractivity (Wildman–Crippen MR) is 163 cm³/mol. The molecule has 0 spiro atoms. The van der Waals surface area contributed by atoms with E-state index < -0.39 is 5.97 Å². The Hall–Kier alpha value is -3.73. The number of pyridine rings is 1. The highest BCUT2D eigenvalue weighted by atomic mass is 35.5. The number of amides is 2. The number of carboxylic acid groups (broad SMARTS) is 1. The zero-order valence-corrected chi connectivity index (χ0v) is 25.4. The highest BCUT2D eigenvalue weighted by Gasteiger charge is 2.46. The Balaban J connectivity index is 1.11. The van der Waals surface area contributed by atoms with Crippen LogP contribution in [0.15, 0.2) is 54.6 Å². The van der Waals surface area contributed by atoms with Crippen molar-refractivity contribution in [1.82, 2.24) is 19.7 Å². The van der Waals surface area contributed by atoms with Crippen molar-refractivity contribution in [3.05, 3.63) is 87.8 Å². The van der Waals surface area contributed by atoms with Gasteiger partial charge in [-0.25, -0.2) is 19.0 Å². The van der Waals surface area contributed by atoms with Gasteiger partial charge >= 0.3 is 12.0 Å². The standard InChI is InChI=1S/C33H36ClFN4O5/c1-21-2-8-28(35)27(18-21)29-20-38(24-12-16-43-17-13-24)33(42)39(29)25-10-14-37(15-11-25)19-23-5-9-30(36-31(23)34)44-26-6-3-22(4-7-26)32(40)41/h2-9,18,24-25,29H,10-17,19-20H2,1H3,(H,40,41). The molecule has 3 fully saturated rings. The Morgan fingerprint density at radius 3 is 2.45 bits per heavy atom. The summed E-state index contributed by atoms with van der Waals surface area (Å²) in [4.78, 5) is 35.6. The molecule has 3 aliphatic heterocycles. The van der Waals surface area contributed by atoms with E-state index in [4.69, 9.17) is 26.2 Å². The molecule has 0 saturated carbocycles. The number of piperidine rings is 1. The molecule has 232 valence electrons. The molecule has 2 amide bonds. The lowest BCUT2D eigenvalue weighted by Crippen LogP contribution is -2.48. The summed E-state index contributed by atoms with van der Waals surface area (Å²) in [5.41, 5.74) is 2.60. The van der Waals surface area contributed by atoms with Crippen LogP contribution in [0.25, 0.3) is 0 Å². The molecule has 3 aliphatic rings. The normalized spacial score (nSPS) is 20.3. The number of benzene rings is 2. The number of aromatic carboxylic acids is 1. The van der Waals surface area contributed by atoms with Crippen molar-refractivity contribution in [2.75, 3.05) is 32.8 Å². The summed E-state index contributed by atoms with van der Waals surface area (Å²) in [6.07, 6.45) is 3.15. The van der Waals surface area contributed by atoms with Gasteiger partial charge in [-0.1, -0.05) is 29.3 Å². The van der Waals surface area contributed by atoms with Gasteiger partial charge in [-0.05, 0) is 69.0 Å². The van der Waals surface area contributed by atoms with Crippen LogP contribution in [-0.2, 0) is 11.3 Å². The topological polar surface area (TPSA) is 95.4 Å². The van der Waals surface area contributed by atoms with E-state index in [9.17, 15) is 9.59 Å². The van der Waals surface area contributed by atoms with Crippen LogP contribution >= 0.6 is 11.6 Å². The van der Waals surface area contributed by atoms with Crippen LogP contribution in [0.1, 0.15) is 58.8 Å². The molecule has 1 aromatic heterocycles. The van der Waals surface area contributed by atoms with Crippen LogP contribution in [0.3, 0.4) is 0 Å². The zero-order chi connectivity index (χ0) is 30.8. The fourth-order valence-electron chi connectivity index (χ4n) is 6.52. The van der Waals surface area contributed by atoms with E-state index >= 15 is 4.39 Å². The average molecular weight is 623 g/mol. The van der Waals surface area contributed by atoms with Crippen molar-refractivity contribution >= 4 is 23.6 Å². The summed E-state index contributed by atoms with van der Waals surface area (Å²) in [5, 5.41) is 9.41. The summed E-state index contributed by atoms with van der Waals surface area (Å²) in [6, 6.07) is 14.7. The van der Waals surface area contributed by atoms with Crippen LogP contribution < -0.4 is 4.74 Å². The number of carbonyl (C=O) groups excluding carboxylic acids is 1. The first-order valence-electron chi connectivity index (χ1n) is 15.1. The van der Waals surface area contributed by atoms with Gasteiger partial charge in [0.1, 0.15) is 16.7 Å². The second-order valence-corrected chi connectivity index (χ2v) is 12.1. The minimum Gasteiger partial charge on any atom is -0.478 e. The summed E-state index contributed by atoms with van der Waals surface area (Å²) >= 11 is 6.54. The molecule has 3 aromatic rings. The molecule has 1 N–H and O–H groups in total. The SMILES string of the molecule is Cc1ccc(F)c(C2CN(C3CCOCC3)C(=O)N2C2CCN(Cc3ccc(Oc4ccc(C(=O)O)cc4)nc3Cl)CC2)c1. The second-order valence-electron chi connectivity index (χ2n) is 11.8. The molecule has 2 aromatic carbocycles. The van der Waals surface area contributed by atoms with E-state index in [-0.39, 0.29) is 35.5 Å². The van der Waals surface area contributed by atoms with Crippen LogP contribution in [-0.4, -0.2) is 81.7 Å². The maximum Gasteiger partial charge on any atom is 0.335 e. The monoisotopic (exact) mass is 622 g/mol. The molecular weight excluding hydrogens is 587 g/mol. The highest BCUT2D eigenvalue weighted by molar-refractivity contribution is 6.30. The smallest absolute Gasteiger partial charge is 0.335 e. The fraction of sp³-hybridized carbons (Fsp3) is 0.424. The number of nitrogens with zero attached hydrogens (tertiary/aromatic N) is 4. The quantitative estimate of drug-likeness (QED) is 0.295. The lowest BCUT2D eigenvalue weighted by atomic mass is 9.97. The molecule has 1 unspecified atom stereocenters. The maximum absolute atomic E-state index is 15.2. The number of halogens is 2. The van der Waals surface area contributed by atoms with Gasteiger partial charge in [0.15, 0.2) is 0 Å². The highest BCUT2D eigenvalue weighted by Crippen LogP contribution is 2.38. The van der Waals surface area contributed by atoms with Gasteiger partial charge in [0.2, 0.25) is 5.88 Å². The number of carbonyl (C=O) groups is 2. The molecule has 0 radical (unpaired) electrons. The van der Waals surface area contributed by atoms with E-state index in [0.29, 0.717) is 48.6 Å². The van der Waals surface area contributed by atoms with Gasteiger partial charge in [0.05, 0.1) is 11.6 Å². The van der Waals surface area contributed by atoms with Gasteiger partial charge in [-0.3, -0.25) is 4.90 Å². The number of urea groups is 1. The lowest BCUT2D eigenvalue weighted by molar-refractivity contribution is 0.0493. The van der Waals surface area contributed by atoms with E-state index in [1.165, 1.54) is 18.2 Å². The Labute approximate surface area is 261 Å². The summed E-state index contributed by atoms with van der Waals surface area (Å²) < 4.78 is 26.5. The van der Waals surface area contributed by atoms with Gasteiger partial charge in [-0.2, -0.15) is 0 Å². The first-order valence-corrected chi connectivity index (χ1v) is 15.5. The molecule has 0 bridgehead atoms. The zero-order valence-electron chi connectivity index (χ0n) is 24.6. The third kappa shape index (κ3) is 6.52. The summed E-state index contributed by atoms with van der Waals surface area (Å²) in [5.74, 6) is -0.493. The van der Waals surface area contributed by atoms with E-state index in [1.807, 2.05) is 28.9 Å². The van der Waals surface area contributed by atoms with Crippen LogP contribution in [0, 0.1) is 12.7 Å². The number of rotatable bonds is 8. The van der Waals surface area contributed by atoms with Crippen molar-refractivity contribution in [1.29, 1.82) is 0 Å². The number of aryl methyl sites for hydroxylation is 1. The molecule has 4 heterocycles. The number of carboxylic acids is 1. The van der Waals surface area contributed by atoms with Crippen LogP contribution in [0.4, 0.5) is 9.18 Å². The predicted octanol–water partition coefficient (Wildman–Crippen LogP) is 6.30. The first kappa shape index (κ1) is 30.3. The third-order valence-corrected chi connectivity index (χ3v) is 9.21. The molecule has 6 rings (SSSR count). The van der Waals surface area contributed by atoms with Gasteiger partial charge in [0, 0.05) is 68.7 Å². The molecule has 11 heteroatoms. The Kier molecular flexibility index (Phi) is 9.02. The lowest BCUT2D eigenvalue weighted by Gasteiger charge is -2.39. The fourth-order valence-corrected chi connectivity index (χ4v) is 6.72. The third-order valence-electron chi connectivity index (χ3n) is 8.88. The van der Waals surface area contributed by atoms with E-state index in [1.54, 1.807) is 24.3 Å². The van der Waals surface area contributed by atoms with Gasteiger partial charge < -0.3 is 24.4 Å². The molecule has 0 aliphatic carbocycles. The number of hydrogen-bond acceptors (Lipinski definition) is 6. The van der Waals surface area contributed by atoms with Crippen LogP contribution in [0.2, 0.25) is 5.15 Å². The van der Waals surface area contributed by atoms with Crippen molar-refractivity contribution in [2.45, 2.75) is 57.3 Å². The maximum atomic E-state index is 15.2. The molecule has 3 saturated heterocycles. The molecular formula is C33H36ClFN4O5. The average Bonchev–Trinajstić information content (AvgIpc) is 3.37. The summed E-state index contributed by atoms with van der Waals surface area (Å²) in [6.45, 7) is 5.85. The van der Waals surface area contributed by atoms with Crippen molar-refractivity contribution in [3.8, 4) is 11.6 Å². The Morgan fingerprint density at radius 1 is 1.05 bits per heavy atom. The Morgan fingerprint density at radius 2 is 1.77 bits per heavy atom. The van der Waals surface area contributed by atoms with Crippen molar-refractivity contribution in [2.24, 2.45) is 0 Å². The minimum absolute atomic E-state index is 0.00156. The Bertz CT molecular complexity index is 1510. The molecule has 9 nitrogen and oxygen atoms in total. The van der Waals surface area contributed by atoms with Gasteiger partial charge in [-0.15, -0.1) is 0 Å². The molecule has 1 atom stereocenters. The number of hydrogen-bond donors (Lipinski definition) is 1. The van der Waals surface area contributed by atoms with E-state index in [2.05, 4.69) is 9.88 Å². The second kappa shape index (κ2) is 13.1. The van der Waals surface area contributed by atoms with Crippen molar-refractivity contribution in [3.63, 3.8) is 0 Å². The number of likely N-dealkylation sites (tertiary alicyclic amines) is 1.